The fraction of sp³-hybridized carbons (Fsp3) is 0.545. The Morgan fingerprint density at radius 2 is 2.40 bits per heavy atom. The van der Waals surface area contributed by atoms with Gasteiger partial charge in [0.2, 0.25) is 5.91 Å². The molecule has 0 fully saturated rings. The van der Waals surface area contributed by atoms with Gasteiger partial charge in [-0.3, -0.25) is 4.79 Å². The van der Waals surface area contributed by atoms with Gasteiger partial charge in [0.15, 0.2) is 0 Å². The van der Waals surface area contributed by atoms with Crippen molar-refractivity contribution < 1.29 is 4.79 Å². The first-order valence-corrected chi connectivity index (χ1v) is 6.13. The zero-order valence-electron chi connectivity index (χ0n) is 9.25. The Balaban J connectivity index is 2.32. The van der Waals surface area contributed by atoms with Crippen molar-refractivity contribution in [3.8, 4) is 0 Å². The van der Waals surface area contributed by atoms with Gasteiger partial charge in [0.1, 0.15) is 0 Å². The summed E-state index contributed by atoms with van der Waals surface area (Å²) in [7, 11) is 1.67. The van der Waals surface area contributed by atoms with Crippen LogP contribution in [0, 0.1) is 0 Å². The second-order valence-corrected chi connectivity index (χ2v) is 4.33. The van der Waals surface area contributed by atoms with Crippen molar-refractivity contribution in [2.24, 2.45) is 0 Å². The molecular weight excluding hydrogens is 208 g/mol. The molecule has 4 heteroatoms. The molecule has 84 valence electrons. The number of thiophene rings is 1. The van der Waals surface area contributed by atoms with Crippen LogP contribution in [0.4, 0.5) is 0 Å². The summed E-state index contributed by atoms with van der Waals surface area (Å²) in [6.07, 6.45) is 1.59. The van der Waals surface area contributed by atoms with Crippen molar-refractivity contribution in [3.05, 3.63) is 22.4 Å². The van der Waals surface area contributed by atoms with Gasteiger partial charge >= 0.3 is 0 Å². The molecule has 1 aromatic rings. The maximum atomic E-state index is 11.0. The molecule has 0 aromatic carbocycles. The summed E-state index contributed by atoms with van der Waals surface area (Å²) in [6.45, 7) is 2.88. The quantitative estimate of drug-likeness (QED) is 0.778. The van der Waals surface area contributed by atoms with Crippen LogP contribution in [0.3, 0.4) is 0 Å². The van der Waals surface area contributed by atoms with Crippen LogP contribution in [0.5, 0.6) is 0 Å². The van der Waals surface area contributed by atoms with Crippen LogP contribution in [0.25, 0.3) is 0 Å². The summed E-state index contributed by atoms with van der Waals surface area (Å²) < 4.78 is 0. The van der Waals surface area contributed by atoms with Gasteiger partial charge in [-0.25, -0.2) is 0 Å². The van der Waals surface area contributed by atoms with Crippen molar-refractivity contribution >= 4 is 17.2 Å². The standard InChI is InChI=1S/C11H18N2OS/c1-3-9(10-5-4-8-15-10)13-7-6-11(14)12-2/h4-5,8-9,13H,3,6-7H2,1-2H3,(H,12,14). The van der Waals surface area contributed by atoms with Crippen molar-refractivity contribution in [1.82, 2.24) is 10.6 Å². The molecule has 0 spiro atoms. The second kappa shape index (κ2) is 6.58. The Hall–Kier alpha value is -0.870. The molecule has 0 saturated carbocycles. The molecule has 1 unspecified atom stereocenters. The van der Waals surface area contributed by atoms with E-state index in [1.165, 1.54) is 4.88 Å². The molecule has 0 aliphatic rings. The van der Waals surface area contributed by atoms with E-state index in [0.29, 0.717) is 12.5 Å². The molecule has 1 rings (SSSR count). The Labute approximate surface area is 94.9 Å². The highest BCUT2D eigenvalue weighted by molar-refractivity contribution is 7.10. The van der Waals surface area contributed by atoms with Crippen molar-refractivity contribution in [3.63, 3.8) is 0 Å². The van der Waals surface area contributed by atoms with Crippen LogP contribution in [0.15, 0.2) is 17.5 Å². The highest BCUT2D eigenvalue weighted by atomic mass is 32.1. The number of hydrogen-bond acceptors (Lipinski definition) is 3. The smallest absolute Gasteiger partial charge is 0.221 e. The monoisotopic (exact) mass is 226 g/mol. The van der Waals surface area contributed by atoms with Crippen LogP contribution < -0.4 is 10.6 Å². The minimum Gasteiger partial charge on any atom is -0.359 e. The molecular formula is C11H18N2OS. The van der Waals surface area contributed by atoms with Gasteiger partial charge in [-0.15, -0.1) is 11.3 Å². The number of amides is 1. The maximum Gasteiger partial charge on any atom is 0.221 e. The third-order valence-corrected chi connectivity index (χ3v) is 3.30. The van der Waals surface area contributed by atoms with Gasteiger partial charge in [-0.2, -0.15) is 0 Å². The van der Waals surface area contributed by atoms with E-state index >= 15 is 0 Å². The van der Waals surface area contributed by atoms with Crippen LogP contribution in [0.2, 0.25) is 0 Å². The molecule has 0 aliphatic carbocycles. The lowest BCUT2D eigenvalue weighted by molar-refractivity contribution is -0.120. The van der Waals surface area contributed by atoms with E-state index in [0.717, 1.165) is 13.0 Å². The molecule has 0 saturated heterocycles. The highest BCUT2D eigenvalue weighted by Crippen LogP contribution is 2.21. The molecule has 1 amide bonds. The van der Waals surface area contributed by atoms with E-state index in [2.05, 4.69) is 35.1 Å². The number of nitrogens with one attached hydrogen (secondary N) is 2. The largest absolute Gasteiger partial charge is 0.359 e. The minimum absolute atomic E-state index is 0.0866. The van der Waals surface area contributed by atoms with Crippen LogP contribution in [0.1, 0.15) is 30.7 Å². The Morgan fingerprint density at radius 3 is 2.93 bits per heavy atom. The van der Waals surface area contributed by atoms with Gasteiger partial charge in [-0.1, -0.05) is 13.0 Å². The van der Waals surface area contributed by atoms with E-state index in [9.17, 15) is 4.79 Å². The molecule has 0 bridgehead atoms. The number of hydrogen-bond donors (Lipinski definition) is 2. The fourth-order valence-electron chi connectivity index (χ4n) is 1.42. The SMILES string of the molecule is CCC(NCCC(=O)NC)c1cccs1. The van der Waals surface area contributed by atoms with Crippen LogP contribution in [-0.4, -0.2) is 19.5 Å². The zero-order chi connectivity index (χ0) is 11.1. The zero-order valence-corrected chi connectivity index (χ0v) is 10.1. The third-order valence-electron chi connectivity index (χ3n) is 2.32. The average Bonchev–Trinajstić information content (AvgIpc) is 2.77. The maximum absolute atomic E-state index is 11.0. The first-order chi connectivity index (χ1) is 7.27. The Morgan fingerprint density at radius 1 is 1.60 bits per heavy atom. The average molecular weight is 226 g/mol. The molecule has 1 aromatic heterocycles. The van der Waals surface area contributed by atoms with E-state index in [-0.39, 0.29) is 5.91 Å². The molecule has 0 aliphatic heterocycles. The first-order valence-electron chi connectivity index (χ1n) is 5.25. The summed E-state index contributed by atoms with van der Waals surface area (Å²) in [5, 5.41) is 8.08. The topological polar surface area (TPSA) is 41.1 Å². The van der Waals surface area contributed by atoms with Gasteiger partial charge in [0.05, 0.1) is 0 Å². The van der Waals surface area contributed by atoms with Gasteiger partial charge in [0.25, 0.3) is 0 Å². The fourth-order valence-corrected chi connectivity index (χ4v) is 2.31. The number of carbonyl (C=O) groups is 1. The Bertz CT molecular complexity index is 285. The lowest BCUT2D eigenvalue weighted by Crippen LogP contribution is -2.27. The van der Waals surface area contributed by atoms with Gasteiger partial charge < -0.3 is 10.6 Å². The summed E-state index contributed by atoms with van der Waals surface area (Å²) in [5.41, 5.74) is 0. The number of rotatable bonds is 6. The van der Waals surface area contributed by atoms with Crippen molar-refractivity contribution in [2.75, 3.05) is 13.6 Å². The van der Waals surface area contributed by atoms with Crippen LogP contribution >= 0.6 is 11.3 Å². The van der Waals surface area contributed by atoms with Crippen LogP contribution in [-0.2, 0) is 4.79 Å². The lowest BCUT2D eigenvalue weighted by Gasteiger charge is -2.14. The van der Waals surface area contributed by atoms with E-state index in [1.807, 2.05) is 0 Å². The predicted molar refractivity (Wildman–Crippen MR) is 64.0 cm³/mol. The first kappa shape index (κ1) is 12.2. The normalized spacial score (nSPS) is 12.4. The molecule has 15 heavy (non-hydrogen) atoms. The Kier molecular flexibility index (Phi) is 5.36. The lowest BCUT2D eigenvalue weighted by atomic mass is 10.2. The van der Waals surface area contributed by atoms with E-state index in [4.69, 9.17) is 0 Å². The van der Waals surface area contributed by atoms with Crippen molar-refractivity contribution in [1.29, 1.82) is 0 Å². The summed E-state index contributed by atoms with van der Waals surface area (Å²) in [6, 6.07) is 4.57. The minimum atomic E-state index is 0.0866. The molecule has 0 radical (unpaired) electrons. The van der Waals surface area contributed by atoms with Crippen molar-refractivity contribution in [2.45, 2.75) is 25.8 Å². The number of carbonyl (C=O) groups excluding carboxylic acids is 1. The van der Waals surface area contributed by atoms with Gasteiger partial charge in [-0.05, 0) is 17.9 Å². The molecule has 1 heterocycles. The molecule has 3 nitrogen and oxygen atoms in total. The summed E-state index contributed by atoms with van der Waals surface area (Å²) >= 11 is 1.76. The summed E-state index contributed by atoms with van der Waals surface area (Å²) in [4.78, 5) is 12.4. The highest BCUT2D eigenvalue weighted by Gasteiger charge is 2.09. The summed E-state index contributed by atoms with van der Waals surface area (Å²) in [5.74, 6) is 0.0866. The molecule has 2 N–H and O–H groups in total. The second-order valence-electron chi connectivity index (χ2n) is 3.35. The van der Waals surface area contributed by atoms with Gasteiger partial charge in [0, 0.05) is 30.9 Å². The van der Waals surface area contributed by atoms with E-state index in [1.54, 1.807) is 18.4 Å². The predicted octanol–water partition coefficient (Wildman–Crippen LogP) is 1.92. The molecule has 1 atom stereocenters. The third kappa shape index (κ3) is 4.01. The van der Waals surface area contributed by atoms with E-state index < -0.39 is 0 Å².